The van der Waals surface area contributed by atoms with Crippen LogP contribution in [-0.2, 0) is 19.1 Å². The van der Waals surface area contributed by atoms with Gasteiger partial charge in [-0.1, -0.05) is 6.92 Å². The summed E-state index contributed by atoms with van der Waals surface area (Å²) in [5, 5.41) is 7.31. The molecule has 0 aliphatic carbocycles. The van der Waals surface area contributed by atoms with Crippen molar-refractivity contribution in [2.24, 2.45) is 0 Å². The van der Waals surface area contributed by atoms with Crippen LogP contribution in [0.15, 0.2) is 30.5 Å². The largest absolute Gasteiger partial charge is 0.416 e. The van der Waals surface area contributed by atoms with Crippen molar-refractivity contribution < 1.29 is 13.2 Å². The Morgan fingerprint density at radius 3 is 2.35 bits per heavy atom. The fourth-order valence-corrected chi connectivity index (χ4v) is 2.14. The molecule has 1 aromatic heterocycles. The minimum Gasteiger partial charge on any atom is -0.316 e. The second kappa shape index (κ2) is 5.66. The molecule has 0 radical (unpaired) electrons. The monoisotopic (exact) mass is 283 g/mol. The average molecular weight is 283 g/mol. The first-order chi connectivity index (χ1) is 9.47. The molecule has 0 saturated carbocycles. The van der Waals surface area contributed by atoms with Gasteiger partial charge in [0.1, 0.15) is 0 Å². The first-order valence-corrected chi connectivity index (χ1v) is 6.35. The van der Waals surface area contributed by atoms with Crippen LogP contribution in [0.4, 0.5) is 13.2 Å². The zero-order valence-electron chi connectivity index (χ0n) is 11.3. The Balaban J connectivity index is 2.37. The molecule has 0 aliphatic heterocycles. The second-order valence-electron chi connectivity index (χ2n) is 4.46. The summed E-state index contributed by atoms with van der Waals surface area (Å²) in [4.78, 5) is 0. The van der Waals surface area contributed by atoms with E-state index in [0.29, 0.717) is 12.2 Å². The predicted molar refractivity (Wildman–Crippen MR) is 70.7 cm³/mol. The van der Waals surface area contributed by atoms with Crippen molar-refractivity contribution in [3.8, 4) is 5.69 Å². The van der Waals surface area contributed by atoms with E-state index in [-0.39, 0.29) is 0 Å². The van der Waals surface area contributed by atoms with E-state index >= 15 is 0 Å². The Morgan fingerprint density at radius 2 is 1.85 bits per heavy atom. The minimum atomic E-state index is -4.31. The Hall–Kier alpha value is -1.82. The molecule has 0 atom stereocenters. The Labute approximate surface area is 115 Å². The molecule has 0 bridgehead atoms. The van der Waals surface area contributed by atoms with Crippen LogP contribution in [0, 0.1) is 0 Å². The zero-order valence-corrected chi connectivity index (χ0v) is 11.3. The van der Waals surface area contributed by atoms with Crippen LogP contribution in [0.2, 0.25) is 0 Å². The van der Waals surface area contributed by atoms with Crippen LogP contribution in [0.5, 0.6) is 0 Å². The van der Waals surface area contributed by atoms with Gasteiger partial charge in [-0.3, -0.25) is 0 Å². The average Bonchev–Trinajstić information content (AvgIpc) is 2.81. The number of alkyl halides is 3. The van der Waals surface area contributed by atoms with Gasteiger partial charge in [0.25, 0.3) is 0 Å². The third-order valence-corrected chi connectivity index (χ3v) is 3.10. The lowest BCUT2D eigenvalue weighted by atomic mass is 10.1. The minimum absolute atomic E-state index is 0.636. The standard InChI is InChI=1S/C14H16F3N3/c1-3-13-10(8-18-2)9-19-20(13)12-6-4-11(5-7-12)14(15,16)17/h4-7,9,18H,3,8H2,1-2H3. The van der Waals surface area contributed by atoms with E-state index in [1.807, 2.05) is 14.0 Å². The van der Waals surface area contributed by atoms with Crippen molar-refractivity contribution >= 4 is 0 Å². The Bertz CT molecular complexity index is 570. The van der Waals surface area contributed by atoms with E-state index in [2.05, 4.69) is 10.4 Å². The fourth-order valence-electron chi connectivity index (χ4n) is 2.14. The molecule has 3 nitrogen and oxygen atoms in total. The van der Waals surface area contributed by atoms with Crippen molar-refractivity contribution in [2.45, 2.75) is 26.1 Å². The Morgan fingerprint density at radius 1 is 1.20 bits per heavy atom. The third kappa shape index (κ3) is 2.85. The first-order valence-electron chi connectivity index (χ1n) is 6.35. The smallest absolute Gasteiger partial charge is 0.316 e. The van der Waals surface area contributed by atoms with Crippen molar-refractivity contribution in [1.29, 1.82) is 0 Å². The maximum Gasteiger partial charge on any atom is 0.416 e. The van der Waals surface area contributed by atoms with Crippen LogP contribution in [0.25, 0.3) is 5.69 Å². The molecular weight excluding hydrogens is 267 g/mol. The predicted octanol–water partition coefficient (Wildman–Crippen LogP) is 3.17. The van der Waals surface area contributed by atoms with Gasteiger partial charge >= 0.3 is 6.18 Å². The second-order valence-corrected chi connectivity index (χ2v) is 4.46. The van der Waals surface area contributed by atoms with Gasteiger partial charge in [-0.25, -0.2) is 4.68 Å². The highest BCUT2D eigenvalue weighted by Crippen LogP contribution is 2.29. The lowest BCUT2D eigenvalue weighted by molar-refractivity contribution is -0.137. The molecule has 0 amide bonds. The van der Waals surface area contributed by atoms with Crippen molar-refractivity contribution in [3.63, 3.8) is 0 Å². The topological polar surface area (TPSA) is 29.9 Å². The number of halogens is 3. The quantitative estimate of drug-likeness (QED) is 0.934. The molecule has 0 spiro atoms. The molecule has 0 unspecified atom stereocenters. The van der Waals surface area contributed by atoms with E-state index in [9.17, 15) is 13.2 Å². The number of nitrogens with zero attached hydrogens (tertiary/aromatic N) is 2. The highest BCUT2D eigenvalue weighted by Gasteiger charge is 2.30. The van der Waals surface area contributed by atoms with Gasteiger partial charge in [0.05, 0.1) is 17.4 Å². The zero-order chi connectivity index (χ0) is 14.8. The van der Waals surface area contributed by atoms with Gasteiger partial charge in [0.15, 0.2) is 0 Å². The fraction of sp³-hybridized carbons (Fsp3) is 0.357. The summed E-state index contributed by atoms with van der Waals surface area (Å²) in [5.74, 6) is 0. The number of rotatable bonds is 4. The Kier molecular flexibility index (Phi) is 4.13. The summed E-state index contributed by atoms with van der Waals surface area (Å²) in [5.41, 5.74) is 2.04. The molecule has 6 heteroatoms. The van der Waals surface area contributed by atoms with E-state index in [0.717, 1.165) is 29.8 Å². The van der Waals surface area contributed by atoms with Gasteiger partial charge in [-0.2, -0.15) is 18.3 Å². The highest BCUT2D eigenvalue weighted by atomic mass is 19.4. The number of aromatic nitrogens is 2. The molecule has 0 fully saturated rings. The lowest BCUT2D eigenvalue weighted by Crippen LogP contribution is -2.09. The summed E-state index contributed by atoms with van der Waals surface area (Å²) in [6, 6.07) is 5.04. The summed E-state index contributed by atoms with van der Waals surface area (Å²) < 4.78 is 39.3. The van der Waals surface area contributed by atoms with E-state index in [1.54, 1.807) is 10.9 Å². The summed E-state index contributed by atoms with van der Waals surface area (Å²) in [7, 11) is 1.84. The normalized spacial score (nSPS) is 11.8. The lowest BCUT2D eigenvalue weighted by Gasteiger charge is -2.10. The number of nitrogens with one attached hydrogen (secondary N) is 1. The molecule has 1 heterocycles. The summed E-state index contributed by atoms with van der Waals surface area (Å²) in [6.07, 6.45) is -1.81. The van der Waals surface area contributed by atoms with E-state index in [4.69, 9.17) is 0 Å². The molecule has 1 aromatic carbocycles. The van der Waals surface area contributed by atoms with Gasteiger partial charge in [-0.05, 0) is 37.7 Å². The van der Waals surface area contributed by atoms with Gasteiger partial charge in [0, 0.05) is 17.8 Å². The molecule has 0 aliphatic rings. The number of hydrogen-bond acceptors (Lipinski definition) is 2. The first kappa shape index (κ1) is 14.6. The summed E-state index contributed by atoms with van der Waals surface area (Å²) in [6.45, 7) is 2.68. The molecular formula is C14H16F3N3. The highest BCUT2D eigenvalue weighted by molar-refractivity contribution is 5.38. The maximum absolute atomic E-state index is 12.5. The van der Waals surface area contributed by atoms with Gasteiger partial charge in [0.2, 0.25) is 0 Å². The van der Waals surface area contributed by atoms with Gasteiger partial charge in [-0.15, -0.1) is 0 Å². The van der Waals surface area contributed by atoms with Crippen LogP contribution < -0.4 is 5.32 Å². The molecule has 0 saturated heterocycles. The van der Waals surface area contributed by atoms with Gasteiger partial charge < -0.3 is 5.32 Å². The molecule has 108 valence electrons. The SMILES string of the molecule is CCc1c(CNC)cnn1-c1ccc(C(F)(F)F)cc1. The third-order valence-electron chi connectivity index (χ3n) is 3.10. The van der Waals surface area contributed by atoms with Crippen LogP contribution in [0.1, 0.15) is 23.7 Å². The number of hydrogen-bond donors (Lipinski definition) is 1. The van der Waals surface area contributed by atoms with Crippen molar-refractivity contribution in [3.05, 3.63) is 47.3 Å². The van der Waals surface area contributed by atoms with E-state index in [1.165, 1.54) is 12.1 Å². The van der Waals surface area contributed by atoms with Crippen molar-refractivity contribution in [2.75, 3.05) is 7.05 Å². The van der Waals surface area contributed by atoms with Crippen molar-refractivity contribution in [1.82, 2.24) is 15.1 Å². The van der Waals surface area contributed by atoms with Crippen LogP contribution in [0.3, 0.4) is 0 Å². The molecule has 1 N–H and O–H groups in total. The molecule has 2 aromatic rings. The van der Waals surface area contributed by atoms with E-state index < -0.39 is 11.7 Å². The van der Waals surface area contributed by atoms with Crippen LogP contribution >= 0.6 is 0 Å². The maximum atomic E-state index is 12.5. The summed E-state index contributed by atoms with van der Waals surface area (Å²) >= 11 is 0. The molecule has 20 heavy (non-hydrogen) atoms. The molecule has 2 rings (SSSR count). The van der Waals surface area contributed by atoms with Crippen LogP contribution in [-0.4, -0.2) is 16.8 Å². The number of benzene rings is 1.